The van der Waals surface area contributed by atoms with Crippen molar-refractivity contribution >= 4 is 112 Å². The number of halogens is 1. The molecule has 0 aliphatic carbocycles. The number of esters is 1. The van der Waals surface area contributed by atoms with Gasteiger partial charge in [0.15, 0.2) is 17.4 Å². The number of nitrogens with one attached hydrogen (secondary N) is 3. The third-order valence-electron chi connectivity index (χ3n) is 10.5. The molecule has 95 heavy (non-hydrogen) atoms. The smallest absolute Gasteiger partial charge is 1.00 e. The van der Waals surface area contributed by atoms with Crippen molar-refractivity contribution in [2.75, 3.05) is 165 Å². The van der Waals surface area contributed by atoms with Gasteiger partial charge in [0.1, 0.15) is 35.7 Å². The minimum atomic E-state index is -1.10. The number of carboxylic acid groups (broad SMARTS) is 1. The van der Waals surface area contributed by atoms with Crippen LogP contribution >= 0.6 is 58.6 Å². The van der Waals surface area contributed by atoms with Gasteiger partial charge in [-0.25, -0.2) is 19.4 Å². The molecule has 0 saturated carbocycles. The Morgan fingerprint density at radius 1 is 0.611 bits per heavy atom. The number of aromatic nitrogens is 3. The van der Waals surface area contributed by atoms with Crippen molar-refractivity contribution in [1.29, 1.82) is 0 Å². The predicted molar refractivity (Wildman–Crippen MR) is 403 cm³/mol. The molecule has 1 aromatic rings. The number of aryl methyl sites for hydroxylation is 1. The van der Waals surface area contributed by atoms with Crippen molar-refractivity contribution in [2.24, 2.45) is 5.73 Å². The SMILES string of the molecule is C1CCOC1.CC(C)(C)OC(=O)NCC(=O)O.CCCN(CCN)CCSCC.CCCN(CCNC(=O)OC(C)(C)C)CCSCC.CCCN(CCSCC)C(=O)CNC(=O)OC(C)(C)C.CCC[NH2+]CCSCC.CCOC(C)=O.COc1nc(C)nc(Cl)n1.[AlH3].[H-].[Li+]. The summed E-state index contributed by atoms with van der Waals surface area (Å²) < 4.78 is 29.2. The molecule has 24 nitrogen and oxygen atoms in total. The van der Waals surface area contributed by atoms with Gasteiger partial charge in [0.25, 0.3) is 0 Å². The first-order chi connectivity index (χ1) is 43.7. The van der Waals surface area contributed by atoms with Gasteiger partial charge in [0.05, 0.1) is 26.8 Å². The monoisotopic (exact) mass is 1460 g/mol. The number of quaternary nitrogens is 1. The Kier molecular flexibility index (Phi) is 86.7. The topological polar surface area (TPSA) is 305 Å². The summed E-state index contributed by atoms with van der Waals surface area (Å²) in [5, 5.41) is 18.1. The van der Waals surface area contributed by atoms with Gasteiger partial charge in [-0.2, -0.15) is 57.0 Å². The molecule has 0 aromatic carbocycles. The molecule has 1 aliphatic heterocycles. The summed E-state index contributed by atoms with van der Waals surface area (Å²) in [6, 6.07) is 0.248. The number of rotatable bonds is 35. The molecule has 0 radical (unpaired) electrons. The summed E-state index contributed by atoms with van der Waals surface area (Å²) in [5.74, 6) is 8.53. The number of nitrogens with zero attached hydrogens (tertiary/aromatic N) is 6. The number of hydrogen-bond acceptors (Lipinski definition) is 22. The first-order valence-electron chi connectivity index (χ1n) is 33.1. The number of thioether (sulfide) groups is 4. The number of carboxylic acids is 1. The maximum Gasteiger partial charge on any atom is 1.00 e. The molecule has 1 fully saturated rings. The van der Waals surface area contributed by atoms with Crippen molar-refractivity contribution in [3.8, 4) is 6.01 Å². The van der Waals surface area contributed by atoms with Crippen LogP contribution in [-0.2, 0) is 38.1 Å². The number of aliphatic carboxylic acids is 1. The molecular formula is C64H137AlClLiN11O13S4+. The number of ether oxygens (including phenoxy) is 6. The summed E-state index contributed by atoms with van der Waals surface area (Å²) in [7, 11) is 1.48. The van der Waals surface area contributed by atoms with E-state index in [2.05, 4.69) is 99.2 Å². The zero-order chi connectivity index (χ0) is 72.4. The Morgan fingerprint density at radius 2 is 1.04 bits per heavy atom. The Morgan fingerprint density at radius 3 is 1.39 bits per heavy atom. The molecule has 0 spiro atoms. The molecule has 560 valence electrons. The maximum atomic E-state index is 12.0. The fourth-order valence-electron chi connectivity index (χ4n) is 6.67. The van der Waals surface area contributed by atoms with Gasteiger partial charge in [0, 0.05) is 95.5 Å². The van der Waals surface area contributed by atoms with Crippen LogP contribution in [0.4, 0.5) is 14.4 Å². The van der Waals surface area contributed by atoms with Gasteiger partial charge in [-0.3, -0.25) is 14.4 Å². The molecule has 1 aromatic heterocycles. The average molecular weight is 1470 g/mol. The molecular weight excluding hydrogens is 1330 g/mol. The molecule has 0 unspecified atom stereocenters. The fraction of sp³-hybridized carbons (Fsp3) is 0.859. The van der Waals surface area contributed by atoms with E-state index in [1.807, 2.05) is 63.0 Å². The van der Waals surface area contributed by atoms with Crippen LogP contribution < -0.4 is 50.6 Å². The molecule has 2 rings (SSSR count). The zero-order valence-electron chi connectivity index (χ0n) is 63.6. The van der Waals surface area contributed by atoms with E-state index in [1.165, 1.54) is 88.9 Å². The largest absolute Gasteiger partial charge is 1.00 e. The average Bonchev–Trinajstić information content (AvgIpc) is 1.09. The van der Waals surface area contributed by atoms with Crippen LogP contribution in [0.5, 0.6) is 6.01 Å². The first kappa shape index (κ1) is 109. The summed E-state index contributed by atoms with van der Waals surface area (Å²) in [4.78, 5) is 83.5. The molecule has 8 N–H and O–H groups in total. The Labute approximate surface area is 622 Å². The fourth-order valence-corrected chi connectivity index (χ4v) is 9.47. The van der Waals surface area contributed by atoms with Crippen molar-refractivity contribution < 1.29 is 87.9 Å². The van der Waals surface area contributed by atoms with Crippen LogP contribution in [0.25, 0.3) is 0 Å². The molecule has 2 heterocycles. The number of amides is 4. The molecule has 31 heteroatoms. The maximum absolute atomic E-state index is 12.0. The van der Waals surface area contributed by atoms with Crippen LogP contribution in [0.1, 0.15) is 177 Å². The van der Waals surface area contributed by atoms with E-state index >= 15 is 0 Å². The van der Waals surface area contributed by atoms with Crippen molar-refractivity contribution in [3.05, 3.63) is 11.1 Å². The van der Waals surface area contributed by atoms with Gasteiger partial charge in [-0.05, 0) is 162 Å². The van der Waals surface area contributed by atoms with E-state index in [0.717, 1.165) is 94.9 Å². The van der Waals surface area contributed by atoms with Gasteiger partial charge in [0.2, 0.25) is 11.2 Å². The second-order valence-electron chi connectivity index (χ2n) is 22.9. The molecule has 1 aliphatic rings. The van der Waals surface area contributed by atoms with E-state index < -0.39 is 41.5 Å². The Bertz CT molecular complexity index is 1910. The standard InChI is InChI=1S/C14H28N2O3S.C14H30N2O2S.C9H22N2S.C7H13NO4.C7H17NS.C5H6ClN3O.C4H8O2.C4H8O.Al.Li.4H/c1-6-8-16(9-10-20-7-2)12(17)11-15-13(18)19-14(3,4)5;1-6-9-16(11-12-19-7-2)10-8-15-13(17)18-14(3,4)5;1-3-6-11(7-5-10)8-9-12-4-2;1-7(2,3)12-6(11)8-4-5(9)10;1-3-5-8-6-7-9-4-2;1-3-7-4(6)9-5(8-3)10-2;1-3-6-4(2)5;1-2-4-5-3-1;;;;;;/h6-11H2,1-5H3,(H,15,18);6-12H2,1-5H3,(H,15,17);3-10H2,1-2H3;4H2,1-3H3,(H,8,11)(H,9,10);8H,3-7H2,1-2H3;1-2H3;3H2,1-2H3;1-4H2;;;;;;/q;;;;;;;;;+1;;;;-1/p+1. The molecule has 0 atom stereocenters. The number of carbonyl (C=O) groups is 6. The number of nitrogens with two attached hydrogens (primary N) is 2. The number of carbonyl (C=O) groups excluding carboxylic acids is 5. The summed E-state index contributed by atoms with van der Waals surface area (Å²) in [6.07, 6.45) is 5.55. The van der Waals surface area contributed by atoms with Crippen molar-refractivity contribution in [3.63, 3.8) is 0 Å². The van der Waals surface area contributed by atoms with E-state index in [9.17, 15) is 28.8 Å². The Balaban J connectivity index is -0.000000132. The van der Waals surface area contributed by atoms with E-state index in [1.54, 1.807) is 72.1 Å². The van der Waals surface area contributed by atoms with E-state index in [-0.39, 0.29) is 73.5 Å². The third-order valence-corrected chi connectivity index (χ3v) is 14.2. The Hall–Kier alpha value is -2.35. The van der Waals surface area contributed by atoms with Crippen LogP contribution in [0.3, 0.4) is 0 Å². The van der Waals surface area contributed by atoms with E-state index in [4.69, 9.17) is 46.1 Å². The number of hydrogen-bond donors (Lipinski definition) is 6. The third kappa shape index (κ3) is 95.9. The van der Waals surface area contributed by atoms with Crippen molar-refractivity contribution in [1.82, 2.24) is 45.6 Å². The normalized spacial score (nSPS) is 11.1. The van der Waals surface area contributed by atoms with Crippen LogP contribution in [-0.4, -0.2) is 270 Å². The van der Waals surface area contributed by atoms with E-state index in [0.29, 0.717) is 19.0 Å². The second kappa shape index (κ2) is 75.8. The quantitative estimate of drug-likeness (QED) is 0.0187. The van der Waals surface area contributed by atoms with Crippen LogP contribution in [0.2, 0.25) is 5.28 Å². The summed E-state index contributed by atoms with van der Waals surface area (Å²) in [5.41, 5.74) is 3.95. The zero-order valence-corrected chi connectivity index (χ0v) is 66.6. The van der Waals surface area contributed by atoms with Gasteiger partial charge >= 0.3 is 55.1 Å². The summed E-state index contributed by atoms with van der Waals surface area (Å²) >= 11 is 13.3. The second-order valence-corrected chi connectivity index (χ2v) is 28.8. The van der Waals surface area contributed by atoms with Gasteiger partial charge in [-0.15, -0.1) is 0 Å². The molecule has 4 amide bonds. The first-order valence-corrected chi connectivity index (χ1v) is 38.1. The molecule has 0 bridgehead atoms. The summed E-state index contributed by atoms with van der Waals surface area (Å²) in [6.45, 7) is 52.4. The molecule has 1 saturated heterocycles. The van der Waals surface area contributed by atoms with Crippen molar-refractivity contribution in [2.45, 2.75) is 194 Å². The minimum absolute atomic E-state index is 0. The van der Waals surface area contributed by atoms with Crippen LogP contribution in [0, 0.1) is 6.92 Å². The number of alkyl carbamates (subject to hydrolysis) is 3. The predicted octanol–water partition coefficient (Wildman–Crippen LogP) is 6.34. The van der Waals surface area contributed by atoms with Gasteiger partial charge < -0.3 is 76.7 Å². The minimum Gasteiger partial charge on any atom is -1.00 e. The number of methoxy groups -OCH3 is 1. The van der Waals surface area contributed by atoms with Gasteiger partial charge in [-0.1, -0.05) is 55.4 Å². The van der Waals surface area contributed by atoms with Crippen LogP contribution in [0.15, 0.2) is 0 Å².